The number of carbonyl (C=O) groups excluding carboxylic acids is 1. The molecule has 0 spiro atoms. The van der Waals surface area contributed by atoms with E-state index in [2.05, 4.69) is 10.1 Å². The number of aromatic nitrogens is 2. The van der Waals surface area contributed by atoms with Crippen LogP contribution in [0.3, 0.4) is 0 Å². The first kappa shape index (κ1) is 15.6. The zero-order chi connectivity index (χ0) is 15.9. The molecule has 0 amide bonds. The van der Waals surface area contributed by atoms with Crippen molar-refractivity contribution in [1.29, 1.82) is 0 Å². The molecule has 0 fully saturated rings. The quantitative estimate of drug-likeness (QED) is 0.597. The monoisotopic (exact) mass is 304 g/mol. The van der Waals surface area contributed by atoms with Gasteiger partial charge in [0, 0.05) is 17.7 Å². The highest BCUT2D eigenvalue weighted by molar-refractivity contribution is 5.87. The Morgan fingerprint density at radius 1 is 1.32 bits per heavy atom. The van der Waals surface area contributed by atoms with Gasteiger partial charge in [-0.15, -0.1) is 0 Å². The molecule has 2 rings (SSSR count). The highest BCUT2D eigenvalue weighted by Crippen LogP contribution is 2.25. The van der Waals surface area contributed by atoms with Gasteiger partial charge < -0.3 is 18.7 Å². The molecule has 0 unspecified atom stereocenters. The average Bonchev–Trinajstić information content (AvgIpc) is 2.96. The Labute approximate surface area is 127 Å². The summed E-state index contributed by atoms with van der Waals surface area (Å²) >= 11 is 0. The van der Waals surface area contributed by atoms with Crippen molar-refractivity contribution in [3.63, 3.8) is 0 Å². The summed E-state index contributed by atoms with van der Waals surface area (Å²) in [6.45, 7) is 1.62. The van der Waals surface area contributed by atoms with Gasteiger partial charge in [-0.3, -0.25) is 0 Å². The van der Waals surface area contributed by atoms with Crippen molar-refractivity contribution >= 4 is 12.0 Å². The molecule has 1 aromatic carbocycles. The fourth-order valence-corrected chi connectivity index (χ4v) is 1.69. The first-order valence-corrected chi connectivity index (χ1v) is 6.48. The normalized spacial score (nSPS) is 10.7. The summed E-state index contributed by atoms with van der Waals surface area (Å²) in [6, 6.07) is 5.28. The molecule has 0 saturated heterocycles. The predicted octanol–water partition coefficient (Wildman–Crippen LogP) is 2.15. The van der Waals surface area contributed by atoms with Crippen molar-refractivity contribution in [2.45, 2.75) is 13.5 Å². The van der Waals surface area contributed by atoms with Gasteiger partial charge >= 0.3 is 5.97 Å². The summed E-state index contributed by atoms with van der Waals surface area (Å²) in [4.78, 5) is 15.6. The van der Waals surface area contributed by atoms with Gasteiger partial charge in [-0.25, -0.2) is 4.79 Å². The number of methoxy groups -OCH3 is 2. The van der Waals surface area contributed by atoms with Crippen LogP contribution in [0.5, 0.6) is 11.5 Å². The molecule has 0 saturated carbocycles. The van der Waals surface area contributed by atoms with E-state index in [0.717, 1.165) is 5.56 Å². The second kappa shape index (κ2) is 7.26. The fourth-order valence-electron chi connectivity index (χ4n) is 1.69. The highest BCUT2D eigenvalue weighted by Gasteiger charge is 2.06. The summed E-state index contributed by atoms with van der Waals surface area (Å²) in [5.74, 6) is 1.49. The van der Waals surface area contributed by atoms with Crippen LogP contribution in [0.15, 0.2) is 28.8 Å². The Morgan fingerprint density at radius 2 is 2.14 bits per heavy atom. The van der Waals surface area contributed by atoms with Crippen LogP contribution >= 0.6 is 0 Å². The minimum absolute atomic E-state index is 0.0657. The summed E-state index contributed by atoms with van der Waals surface area (Å²) in [5, 5.41) is 3.60. The van der Waals surface area contributed by atoms with Crippen molar-refractivity contribution in [1.82, 2.24) is 10.1 Å². The number of benzene rings is 1. The van der Waals surface area contributed by atoms with Gasteiger partial charge in [0.1, 0.15) is 11.5 Å². The molecule has 0 aliphatic rings. The van der Waals surface area contributed by atoms with E-state index in [1.807, 2.05) is 0 Å². The maximum atomic E-state index is 11.7. The van der Waals surface area contributed by atoms with Crippen LogP contribution < -0.4 is 9.47 Å². The van der Waals surface area contributed by atoms with Crippen LogP contribution in [0.1, 0.15) is 17.3 Å². The van der Waals surface area contributed by atoms with E-state index >= 15 is 0 Å². The third-order valence-electron chi connectivity index (χ3n) is 2.75. The van der Waals surface area contributed by atoms with E-state index in [1.165, 1.54) is 6.08 Å². The minimum atomic E-state index is -0.520. The van der Waals surface area contributed by atoms with E-state index in [1.54, 1.807) is 45.4 Å². The number of ether oxygens (including phenoxy) is 3. The summed E-state index contributed by atoms with van der Waals surface area (Å²) in [5.41, 5.74) is 0.730. The van der Waals surface area contributed by atoms with Crippen LogP contribution in [0.2, 0.25) is 0 Å². The lowest BCUT2D eigenvalue weighted by Crippen LogP contribution is -2.01. The Morgan fingerprint density at radius 3 is 2.77 bits per heavy atom. The summed E-state index contributed by atoms with van der Waals surface area (Å²) in [7, 11) is 3.11. The number of carbonyl (C=O) groups is 1. The van der Waals surface area contributed by atoms with E-state index in [9.17, 15) is 4.79 Å². The predicted molar refractivity (Wildman–Crippen MR) is 77.4 cm³/mol. The molecule has 0 bridgehead atoms. The molecule has 0 radical (unpaired) electrons. The molecule has 0 N–H and O–H groups in total. The molecular weight excluding hydrogens is 288 g/mol. The number of hydrogen-bond donors (Lipinski definition) is 0. The molecule has 1 heterocycles. The molecule has 7 heteroatoms. The highest BCUT2D eigenvalue weighted by atomic mass is 16.6. The lowest BCUT2D eigenvalue weighted by molar-refractivity contribution is -0.139. The van der Waals surface area contributed by atoms with E-state index in [4.69, 9.17) is 18.7 Å². The SMILES string of the molecule is COc1ccc(/C=C/C(=O)OCc2nc(C)no2)c(OC)c1. The fraction of sp³-hybridized carbons (Fsp3) is 0.267. The second-order valence-corrected chi connectivity index (χ2v) is 4.28. The van der Waals surface area contributed by atoms with Gasteiger partial charge in [-0.1, -0.05) is 5.16 Å². The maximum absolute atomic E-state index is 11.7. The van der Waals surface area contributed by atoms with Gasteiger partial charge in [0.15, 0.2) is 12.4 Å². The standard InChI is InChI=1S/C15H16N2O5/c1-10-16-14(22-17-10)9-21-15(18)7-5-11-4-6-12(19-2)8-13(11)20-3/h4-8H,9H2,1-3H3/b7-5+. The number of nitrogens with zero attached hydrogens (tertiary/aromatic N) is 2. The molecule has 22 heavy (non-hydrogen) atoms. The van der Waals surface area contributed by atoms with Crippen LogP contribution in [-0.4, -0.2) is 30.3 Å². The number of rotatable bonds is 6. The van der Waals surface area contributed by atoms with Gasteiger partial charge in [-0.05, 0) is 25.1 Å². The van der Waals surface area contributed by atoms with Gasteiger partial charge in [-0.2, -0.15) is 4.98 Å². The molecule has 116 valence electrons. The average molecular weight is 304 g/mol. The van der Waals surface area contributed by atoms with Gasteiger partial charge in [0.2, 0.25) is 0 Å². The van der Waals surface area contributed by atoms with Crippen LogP contribution in [0, 0.1) is 6.92 Å². The number of esters is 1. The Bertz CT molecular complexity index is 678. The lowest BCUT2D eigenvalue weighted by atomic mass is 10.2. The van der Waals surface area contributed by atoms with E-state index in [-0.39, 0.29) is 12.5 Å². The van der Waals surface area contributed by atoms with Crippen molar-refractivity contribution in [3.8, 4) is 11.5 Å². The summed E-state index contributed by atoms with van der Waals surface area (Å²) < 4.78 is 20.2. The van der Waals surface area contributed by atoms with Gasteiger partial charge in [0.25, 0.3) is 5.89 Å². The Hall–Kier alpha value is -2.83. The molecule has 7 nitrogen and oxygen atoms in total. The Balaban J connectivity index is 1.97. The molecule has 1 aromatic heterocycles. The van der Waals surface area contributed by atoms with Crippen molar-refractivity contribution < 1.29 is 23.5 Å². The first-order chi connectivity index (χ1) is 10.6. The number of hydrogen-bond acceptors (Lipinski definition) is 7. The molecule has 0 atom stereocenters. The molecular formula is C15H16N2O5. The van der Waals surface area contributed by atoms with E-state index in [0.29, 0.717) is 17.3 Å². The second-order valence-electron chi connectivity index (χ2n) is 4.28. The molecule has 0 aliphatic heterocycles. The first-order valence-electron chi connectivity index (χ1n) is 6.48. The maximum Gasteiger partial charge on any atom is 0.331 e. The van der Waals surface area contributed by atoms with Crippen LogP contribution in [0.4, 0.5) is 0 Å². The smallest absolute Gasteiger partial charge is 0.331 e. The largest absolute Gasteiger partial charge is 0.497 e. The van der Waals surface area contributed by atoms with Crippen molar-refractivity contribution in [3.05, 3.63) is 41.6 Å². The number of aryl methyl sites for hydroxylation is 1. The molecule has 2 aromatic rings. The minimum Gasteiger partial charge on any atom is -0.497 e. The third kappa shape index (κ3) is 4.08. The van der Waals surface area contributed by atoms with E-state index < -0.39 is 5.97 Å². The molecule has 0 aliphatic carbocycles. The summed E-state index contributed by atoms with van der Waals surface area (Å²) in [6.07, 6.45) is 2.90. The topological polar surface area (TPSA) is 83.7 Å². The van der Waals surface area contributed by atoms with Crippen molar-refractivity contribution in [2.24, 2.45) is 0 Å². The van der Waals surface area contributed by atoms with Crippen molar-refractivity contribution in [2.75, 3.05) is 14.2 Å². The Kier molecular flexibility index (Phi) is 5.13. The van der Waals surface area contributed by atoms with Crippen LogP contribution in [-0.2, 0) is 16.1 Å². The lowest BCUT2D eigenvalue weighted by Gasteiger charge is -2.07. The third-order valence-corrected chi connectivity index (χ3v) is 2.75. The van der Waals surface area contributed by atoms with Crippen LogP contribution in [0.25, 0.3) is 6.08 Å². The zero-order valence-electron chi connectivity index (χ0n) is 12.5. The van der Waals surface area contributed by atoms with Gasteiger partial charge in [0.05, 0.1) is 14.2 Å². The zero-order valence-corrected chi connectivity index (χ0v) is 12.5.